The second-order valence-corrected chi connectivity index (χ2v) is 3.86. The number of alkyl halides is 3. The van der Waals surface area contributed by atoms with Crippen LogP contribution in [0, 0.1) is 0 Å². The maximum atomic E-state index is 12.7. The molecule has 0 spiro atoms. The summed E-state index contributed by atoms with van der Waals surface area (Å²) in [7, 11) is 0. The molecule has 0 saturated carbocycles. The molecular formula is C10H7BrF2O3. The Balaban J connectivity index is 2.19. The summed E-state index contributed by atoms with van der Waals surface area (Å²) in [6, 6.07) is 4.31. The van der Waals surface area contributed by atoms with Crippen molar-refractivity contribution >= 4 is 21.7 Å². The Morgan fingerprint density at radius 1 is 1.31 bits per heavy atom. The standard InChI is InChI=1S/C10H7BrF2O3/c11-5-7(14)3-6-1-2-8-9(4-6)16-10(12,13)15-8/h1-2,4H,3,5H2. The van der Waals surface area contributed by atoms with Gasteiger partial charge in [-0.05, 0) is 17.7 Å². The number of hydrogen-bond donors (Lipinski definition) is 0. The van der Waals surface area contributed by atoms with Crippen LogP contribution < -0.4 is 9.47 Å². The van der Waals surface area contributed by atoms with Crippen LogP contribution in [0.5, 0.6) is 11.5 Å². The number of halogens is 3. The molecule has 1 aromatic carbocycles. The van der Waals surface area contributed by atoms with E-state index in [9.17, 15) is 13.6 Å². The minimum Gasteiger partial charge on any atom is -0.395 e. The molecule has 3 nitrogen and oxygen atoms in total. The first-order valence-electron chi connectivity index (χ1n) is 4.46. The van der Waals surface area contributed by atoms with Gasteiger partial charge in [0.05, 0.1) is 5.33 Å². The van der Waals surface area contributed by atoms with Gasteiger partial charge in [-0.1, -0.05) is 22.0 Å². The average molecular weight is 293 g/mol. The van der Waals surface area contributed by atoms with Crippen molar-refractivity contribution in [2.45, 2.75) is 12.7 Å². The van der Waals surface area contributed by atoms with Gasteiger partial charge in [-0.25, -0.2) is 0 Å². The fourth-order valence-corrected chi connectivity index (χ4v) is 1.58. The summed E-state index contributed by atoms with van der Waals surface area (Å²) in [6.07, 6.45) is -3.44. The second kappa shape index (κ2) is 4.01. The Morgan fingerprint density at radius 3 is 2.69 bits per heavy atom. The van der Waals surface area contributed by atoms with Crippen molar-refractivity contribution in [2.24, 2.45) is 0 Å². The predicted octanol–water partition coefficient (Wildman–Crippen LogP) is 2.51. The summed E-state index contributed by atoms with van der Waals surface area (Å²) >= 11 is 3.03. The van der Waals surface area contributed by atoms with Gasteiger partial charge in [-0.15, -0.1) is 8.78 Å². The average Bonchev–Trinajstić information content (AvgIpc) is 2.51. The van der Waals surface area contributed by atoms with Crippen LogP contribution in [-0.2, 0) is 11.2 Å². The van der Waals surface area contributed by atoms with E-state index in [4.69, 9.17) is 0 Å². The number of carbonyl (C=O) groups is 1. The summed E-state index contributed by atoms with van der Waals surface area (Å²) in [6.45, 7) is 0. The van der Waals surface area contributed by atoms with E-state index in [2.05, 4.69) is 25.4 Å². The van der Waals surface area contributed by atoms with E-state index in [0.29, 0.717) is 5.56 Å². The molecule has 0 radical (unpaired) electrons. The molecule has 0 aromatic heterocycles. The van der Waals surface area contributed by atoms with E-state index in [1.54, 1.807) is 6.07 Å². The molecule has 1 aliphatic heterocycles. The van der Waals surface area contributed by atoms with Crippen molar-refractivity contribution in [3.63, 3.8) is 0 Å². The van der Waals surface area contributed by atoms with Gasteiger partial charge in [0.25, 0.3) is 0 Å². The van der Waals surface area contributed by atoms with Crippen LogP contribution in [0.3, 0.4) is 0 Å². The quantitative estimate of drug-likeness (QED) is 0.803. The zero-order valence-electron chi connectivity index (χ0n) is 8.00. The highest BCUT2D eigenvalue weighted by molar-refractivity contribution is 9.09. The lowest BCUT2D eigenvalue weighted by Crippen LogP contribution is -2.25. The maximum Gasteiger partial charge on any atom is 0.586 e. The molecule has 1 aromatic rings. The largest absolute Gasteiger partial charge is 0.586 e. The molecule has 0 N–H and O–H groups in total. The molecule has 1 heterocycles. The zero-order valence-corrected chi connectivity index (χ0v) is 9.59. The van der Waals surface area contributed by atoms with Crippen molar-refractivity contribution in [1.29, 1.82) is 0 Å². The van der Waals surface area contributed by atoms with Crippen LogP contribution in [0.2, 0.25) is 0 Å². The molecule has 0 aliphatic carbocycles. The van der Waals surface area contributed by atoms with Gasteiger partial charge in [0.15, 0.2) is 11.5 Å². The molecule has 86 valence electrons. The van der Waals surface area contributed by atoms with Crippen LogP contribution in [0.15, 0.2) is 18.2 Å². The Kier molecular flexibility index (Phi) is 2.84. The van der Waals surface area contributed by atoms with Gasteiger partial charge in [0.2, 0.25) is 0 Å². The predicted molar refractivity (Wildman–Crippen MR) is 55.2 cm³/mol. The third-order valence-corrected chi connectivity index (χ3v) is 2.64. The molecule has 1 aliphatic rings. The summed E-state index contributed by atoms with van der Waals surface area (Å²) in [5, 5.41) is 0.234. The van der Waals surface area contributed by atoms with Crippen molar-refractivity contribution in [3.8, 4) is 11.5 Å². The number of rotatable bonds is 3. The van der Waals surface area contributed by atoms with E-state index in [1.165, 1.54) is 12.1 Å². The van der Waals surface area contributed by atoms with Crippen molar-refractivity contribution in [1.82, 2.24) is 0 Å². The molecule has 0 atom stereocenters. The summed E-state index contributed by atoms with van der Waals surface area (Å²) in [5.41, 5.74) is 0.615. The SMILES string of the molecule is O=C(CBr)Cc1ccc2c(c1)OC(F)(F)O2. The van der Waals surface area contributed by atoms with Crippen LogP contribution >= 0.6 is 15.9 Å². The van der Waals surface area contributed by atoms with Gasteiger partial charge in [-0.3, -0.25) is 4.79 Å². The Labute approximate surface area is 98.5 Å². The second-order valence-electron chi connectivity index (χ2n) is 3.30. The Bertz CT molecular complexity index is 434. The minimum atomic E-state index is -3.61. The smallest absolute Gasteiger partial charge is 0.395 e. The Morgan fingerprint density at radius 2 is 2.00 bits per heavy atom. The lowest BCUT2D eigenvalue weighted by atomic mass is 10.1. The third-order valence-electron chi connectivity index (χ3n) is 2.02. The number of hydrogen-bond acceptors (Lipinski definition) is 3. The van der Waals surface area contributed by atoms with Crippen molar-refractivity contribution in [3.05, 3.63) is 23.8 Å². The molecule has 2 rings (SSSR count). The van der Waals surface area contributed by atoms with E-state index >= 15 is 0 Å². The number of ether oxygens (including phenoxy) is 2. The van der Waals surface area contributed by atoms with Crippen LogP contribution in [0.25, 0.3) is 0 Å². The van der Waals surface area contributed by atoms with Crippen LogP contribution in [0.1, 0.15) is 5.56 Å². The highest BCUT2D eigenvalue weighted by Crippen LogP contribution is 2.41. The lowest BCUT2D eigenvalue weighted by molar-refractivity contribution is -0.286. The molecule has 0 fully saturated rings. The molecule has 16 heavy (non-hydrogen) atoms. The molecular weight excluding hydrogens is 286 g/mol. The molecule has 0 amide bonds. The van der Waals surface area contributed by atoms with E-state index in [1.807, 2.05) is 0 Å². The number of benzene rings is 1. The fourth-order valence-electron chi connectivity index (χ4n) is 1.38. The molecule has 0 unspecified atom stereocenters. The number of Topliss-reactive ketones (excluding diaryl/α,β-unsaturated/α-hetero) is 1. The molecule has 0 bridgehead atoms. The first-order valence-corrected chi connectivity index (χ1v) is 5.59. The van der Waals surface area contributed by atoms with E-state index in [0.717, 1.165) is 0 Å². The normalized spacial score (nSPS) is 16.2. The summed E-state index contributed by atoms with van der Waals surface area (Å²) < 4.78 is 33.9. The highest BCUT2D eigenvalue weighted by Gasteiger charge is 2.43. The Hall–Kier alpha value is -1.17. The van der Waals surface area contributed by atoms with Gasteiger partial charge >= 0.3 is 6.29 Å². The topological polar surface area (TPSA) is 35.5 Å². The van der Waals surface area contributed by atoms with Crippen LogP contribution in [-0.4, -0.2) is 17.4 Å². The zero-order chi connectivity index (χ0) is 11.8. The minimum absolute atomic E-state index is 0.0139. The first-order chi connectivity index (χ1) is 7.50. The van der Waals surface area contributed by atoms with Crippen LogP contribution in [0.4, 0.5) is 8.78 Å². The number of fused-ring (bicyclic) bond motifs is 1. The number of ketones is 1. The molecule has 6 heteroatoms. The first kappa shape index (κ1) is 11.3. The third kappa shape index (κ3) is 2.32. The lowest BCUT2D eigenvalue weighted by Gasteiger charge is -2.04. The van der Waals surface area contributed by atoms with Gasteiger partial charge in [0, 0.05) is 6.42 Å². The monoisotopic (exact) mass is 292 g/mol. The maximum absolute atomic E-state index is 12.7. The van der Waals surface area contributed by atoms with Crippen molar-refractivity contribution < 1.29 is 23.0 Å². The fraction of sp³-hybridized carbons (Fsp3) is 0.300. The summed E-state index contributed by atoms with van der Waals surface area (Å²) in [4.78, 5) is 11.1. The van der Waals surface area contributed by atoms with Gasteiger partial charge in [0.1, 0.15) is 5.78 Å². The number of carbonyl (C=O) groups excluding carboxylic acids is 1. The van der Waals surface area contributed by atoms with Gasteiger partial charge < -0.3 is 9.47 Å². The van der Waals surface area contributed by atoms with E-state index < -0.39 is 6.29 Å². The van der Waals surface area contributed by atoms with Crippen molar-refractivity contribution in [2.75, 3.05) is 5.33 Å². The van der Waals surface area contributed by atoms with Gasteiger partial charge in [-0.2, -0.15) is 0 Å². The van der Waals surface area contributed by atoms with E-state index in [-0.39, 0.29) is 29.0 Å². The molecule has 0 saturated heterocycles. The summed E-state index contributed by atoms with van der Waals surface area (Å²) in [5.74, 6) is -0.0875. The highest BCUT2D eigenvalue weighted by atomic mass is 79.9.